The average molecular weight is 177 g/mol. The van der Waals surface area contributed by atoms with Crippen molar-refractivity contribution in [3.05, 3.63) is 29.1 Å². The van der Waals surface area contributed by atoms with Gasteiger partial charge in [-0.3, -0.25) is 10.4 Å². The number of nitrogens with one attached hydrogen (secondary N) is 1. The predicted molar refractivity (Wildman–Crippen MR) is 54.0 cm³/mol. The third kappa shape index (κ3) is 2.05. The van der Waals surface area contributed by atoms with Gasteiger partial charge in [0.2, 0.25) is 0 Å². The van der Waals surface area contributed by atoms with Crippen LogP contribution in [-0.4, -0.2) is 10.8 Å². The Hall–Kier alpha value is -1.38. The average Bonchev–Trinajstić information content (AvgIpc) is 2.16. The zero-order valence-electron chi connectivity index (χ0n) is 8.09. The van der Waals surface area contributed by atoms with E-state index in [1.54, 1.807) is 0 Å². The molecule has 0 aliphatic rings. The van der Waals surface area contributed by atoms with Gasteiger partial charge in [0.05, 0.1) is 5.69 Å². The SMILES string of the molecule is CCc1ccc(C(=N)N)c(CC)n1. The van der Waals surface area contributed by atoms with Gasteiger partial charge in [0.25, 0.3) is 0 Å². The zero-order chi connectivity index (χ0) is 9.84. The molecule has 3 heteroatoms. The minimum Gasteiger partial charge on any atom is -0.384 e. The van der Waals surface area contributed by atoms with Crippen molar-refractivity contribution in [2.45, 2.75) is 26.7 Å². The molecule has 1 aromatic rings. The summed E-state index contributed by atoms with van der Waals surface area (Å²) in [6.07, 6.45) is 1.74. The van der Waals surface area contributed by atoms with Gasteiger partial charge in [0, 0.05) is 11.3 Å². The molecule has 70 valence electrons. The van der Waals surface area contributed by atoms with E-state index in [9.17, 15) is 0 Å². The van der Waals surface area contributed by atoms with Crippen LogP contribution in [0.5, 0.6) is 0 Å². The van der Waals surface area contributed by atoms with Crippen molar-refractivity contribution in [1.29, 1.82) is 5.41 Å². The molecule has 0 aromatic carbocycles. The third-order valence-electron chi connectivity index (χ3n) is 2.02. The van der Waals surface area contributed by atoms with E-state index in [-0.39, 0.29) is 5.84 Å². The quantitative estimate of drug-likeness (QED) is 0.542. The summed E-state index contributed by atoms with van der Waals surface area (Å²) in [6.45, 7) is 4.09. The molecular formula is C10H15N3. The summed E-state index contributed by atoms with van der Waals surface area (Å²) in [7, 11) is 0. The Labute approximate surface area is 78.5 Å². The summed E-state index contributed by atoms with van der Waals surface area (Å²) in [5.74, 6) is 0.104. The highest BCUT2D eigenvalue weighted by molar-refractivity contribution is 5.95. The molecule has 1 rings (SSSR count). The second kappa shape index (κ2) is 4.03. The van der Waals surface area contributed by atoms with Crippen molar-refractivity contribution < 1.29 is 0 Å². The van der Waals surface area contributed by atoms with Crippen LogP contribution in [0.1, 0.15) is 30.8 Å². The minimum atomic E-state index is 0.104. The number of aryl methyl sites for hydroxylation is 2. The normalized spacial score (nSPS) is 10.0. The van der Waals surface area contributed by atoms with Gasteiger partial charge in [-0.25, -0.2) is 0 Å². The molecule has 3 N–H and O–H groups in total. The van der Waals surface area contributed by atoms with Crippen molar-refractivity contribution >= 4 is 5.84 Å². The van der Waals surface area contributed by atoms with E-state index in [4.69, 9.17) is 11.1 Å². The Kier molecular flexibility index (Phi) is 3.01. The molecule has 0 atom stereocenters. The molecule has 3 nitrogen and oxygen atoms in total. The summed E-state index contributed by atoms with van der Waals surface area (Å²) in [5, 5.41) is 7.34. The fraction of sp³-hybridized carbons (Fsp3) is 0.400. The molecule has 0 aliphatic carbocycles. The van der Waals surface area contributed by atoms with E-state index in [1.807, 2.05) is 19.1 Å². The number of amidine groups is 1. The molecule has 0 fully saturated rings. The van der Waals surface area contributed by atoms with Gasteiger partial charge in [-0.05, 0) is 25.0 Å². The molecule has 0 radical (unpaired) electrons. The topological polar surface area (TPSA) is 62.8 Å². The first-order chi connectivity index (χ1) is 6.19. The van der Waals surface area contributed by atoms with E-state index in [0.717, 1.165) is 29.8 Å². The van der Waals surface area contributed by atoms with Gasteiger partial charge in [-0.1, -0.05) is 13.8 Å². The monoisotopic (exact) mass is 177 g/mol. The number of rotatable bonds is 3. The molecule has 0 aliphatic heterocycles. The van der Waals surface area contributed by atoms with E-state index in [2.05, 4.69) is 11.9 Å². The predicted octanol–water partition coefficient (Wildman–Crippen LogP) is 1.49. The lowest BCUT2D eigenvalue weighted by Gasteiger charge is -2.06. The highest BCUT2D eigenvalue weighted by Gasteiger charge is 2.05. The van der Waals surface area contributed by atoms with Gasteiger partial charge < -0.3 is 5.73 Å². The van der Waals surface area contributed by atoms with Crippen LogP contribution in [0.4, 0.5) is 0 Å². The van der Waals surface area contributed by atoms with E-state index in [0.29, 0.717) is 0 Å². The number of hydrogen-bond donors (Lipinski definition) is 2. The Bertz CT molecular complexity index is 318. The Morgan fingerprint density at radius 3 is 2.54 bits per heavy atom. The molecule has 0 amide bonds. The lowest BCUT2D eigenvalue weighted by Crippen LogP contribution is -2.15. The van der Waals surface area contributed by atoms with Crippen LogP contribution in [-0.2, 0) is 12.8 Å². The van der Waals surface area contributed by atoms with Crippen LogP contribution in [0.15, 0.2) is 12.1 Å². The van der Waals surface area contributed by atoms with Gasteiger partial charge in [0.1, 0.15) is 5.84 Å². The van der Waals surface area contributed by atoms with Crippen molar-refractivity contribution in [3.8, 4) is 0 Å². The number of pyridine rings is 1. The molecule has 1 aromatic heterocycles. The van der Waals surface area contributed by atoms with Crippen LogP contribution < -0.4 is 5.73 Å². The Morgan fingerprint density at radius 2 is 2.08 bits per heavy atom. The molecule has 0 unspecified atom stereocenters. The minimum absolute atomic E-state index is 0.104. The van der Waals surface area contributed by atoms with Gasteiger partial charge in [0.15, 0.2) is 0 Å². The number of hydrogen-bond acceptors (Lipinski definition) is 2. The summed E-state index contributed by atoms with van der Waals surface area (Å²) in [5.41, 5.74) is 8.17. The highest BCUT2D eigenvalue weighted by atomic mass is 14.8. The third-order valence-corrected chi connectivity index (χ3v) is 2.02. The summed E-state index contributed by atoms with van der Waals surface area (Å²) in [4.78, 5) is 4.41. The highest BCUT2D eigenvalue weighted by Crippen LogP contribution is 2.08. The number of nitrogen functional groups attached to an aromatic ring is 1. The maximum atomic E-state index is 7.34. The Morgan fingerprint density at radius 1 is 1.38 bits per heavy atom. The maximum Gasteiger partial charge on any atom is 0.124 e. The zero-order valence-corrected chi connectivity index (χ0v) is 8.09. The van der Waals surface area contributed by atoms with Gasteiger partial charge in [-0.2, -0.15) is 0 Å². The molecule has 0 spiro atoms. The molecule has 1 heterocycles. The van der Waals surface area contributed by atoms with E-state index < -0.39 is 0 Å². The smallest absolute Gasteiger partial charge is 0.124 e. The van der Waals surface area contributed by atoms with E-state index in [1.165, 1.54) is 0 Å². The molecule has 0 bridgehead atoms. The number of aromatic nitrogens is 1. The number of nitrogens with zero attached hydrogens (tertiary/aromatic N) is 1. The maximum absolute atomic E-state index is 7.34. The second-order valence-corrected chi connectivity index (χ2v) is 2.92. The second-order valence-electron chi connectivity index (χ2n) is 2.92. The largest absolute Gasteiger partial charge is 0.384 e. The Balaban J connectivity index is 3.15. The molecule has 0 saturated carbocycles. The van der Waals surface area contributed by atoms with Crippen LogP contribution in [0.25, 0.3) is 0 Å². The first kappa shape index (κ1) is 9.71. The molecule has 13 heavy (non-hydrogen) atoms. The molecular weight excluding hydrogens is 162 g/mol. The van der Waals surface area contributed by atoms with Crippen LogP contribution in [0, 0.1) is 5.41 Å². The first-order valence-electron chi connectivity index (χ1n) is 4.52. The van der Waals surface area contributed by atoms with Gasteiger partial charge >= 0.3 is 0 Å². The van der Waals surface area contributed by atoms with Gasteiger partial charge in [-0.15, -0.1) is 0 Å². The van der Waals surface area contributed by atoms with Crippen molar-refractivity contribution in [3.63, 3.8) is 0 Å². The summed E-state index contributed by atoms with van der Waals surface area (Å²) < 4.78 is 0. The van der Waals surface area contributed by atoms with Crippen LogP contribution in [0.2, 0.25) is 0 Å². The summed E-state index contributed by atoms with van der Waals surface area (Å²) >= 11 is 0. The standard InChI is InChI=1S/C10H15N3/c1-3-7-5-6-8(10(11)12)9(4-2)13-7/h5-6H,3-4H2,1-2H3,(H3,11,12). The number of nitrogens with two attached hydrogens (primary N) is 1. The summed E-state index contributed by atoms with van der Waals surface area (Å²) in [6, 6.07) is 3.81. The van der Waals surface area contributed by atoms with Crippen molar-refractivity contribution in [2.75, 3.05) is 0 Å². The lowest BCUT2D eigenvalue weighted by atomic mass is 10.1. The van der Waals surface area contributed by atoms with Crippen molar-refractivity contribution in [2.24, 2.45) is 5.73 Å². The fourth-order valence-electron chi connectivity index (χ4n) is 1.26. The first-order valence-corrected chi connectivity index (χ1v) is 4.52. The van der Waals surface area contributed by atoms with Crippen molar-refractivity contribution in [1.82, 2.24) is 4.98 Å². The molecule has 0 saturated heterocycles. The van der Waals surface area contributed by atoms with Crippen LogP contribution in [0.3, 0.4) is 0 Å². The lowest BCUT2D eigenvalue weighted by molar-refractivity contribution is 0.949. The van der Waals surface area contributed by atoms with E-state index >= 15 is 0 Å². The van der Waals surface area contributed by atoms with Crippen LogP contribution >= 0.6 is 0 Å². The fourth-order valence-corrected chi connectivity index (χ4v) is 1.26.